The van der Waals surface area contributed by atoms with Gasteiger partial charge in [0.05, 0.1) is 13.0 Å². The van der Waals surface area contributed by atoms with Crippen LogP contribution in [0, 0.1) is 5.92 Å². The van der Waals surface area contributed by atoms with Crippen LogP contribution in [0.4, 0.5) is 4.79 Å². The van der Waals surface area contributed by atoms with Gasteiger partial charge in [0.2, 0.25) is 11.8 Å². The predicted molar refractivity (Wildman–Crippen MR) is 84.0 cm³/mol. The first-order valence-corrected chi connectivity index (χ1v) is 7.50. The predicted octanol–water partition coefficient (Wildman–Crippen LogP) is 0.588. The standard InChI is InChI=1S/C16H21N3O4/c1-10-13(15(21)19-16(22)18-10)9-14(20)17-7-6-11-4-3-5-12(8-11)23-2/h3-5,8,10,13H,6-7,9H2,1-2H3,(H,17,20)(H2,18,19,21,22). The van der Waals surface area contributed by atoms with Crippen molar-refractivity contribution in [2.24, 2.45) is 5.92 Å². The molecule has 1 fully saturated rings. The molecule has 4 amide bonds. The van der Waals surface area contributed by atoms with Gasteiger partial charge in [-0.25, -0.2) is 4.79 Å². The first-order chi connectivity index (χ1) is 11.0. The molecule has 7 nitrogen and oxygen atoms in total. The Kier molecular flexibility index (Phi) is 5.56. The van der Waals surface area contributed by atoms with Crippen molar-refractivity contribution < 1.29 is 19.1 Å². The lowest BCUT2D eigenvalue weighted by molar-refractivity contribution is -0.131. The van der Waals surface area contributed by atoms with Gasteiger partial charge in [-0.2, -0.15) is 0 Å². The quantitative estimate of drug-likeness (QED) is 0.715. The summed E-state index contributed by atoms with van der Waals surface area (Å²) in [5, 5.41) is 7.57. The molecule has 1 aliphatic rings. The zero-order valence-corrected chi connectivity index (χ0v) is 13.2. The Balaban J connectivity index is 1.78. The maximum Gasteiger partial charge on any atom is 0.321 e. The van der Waals surface area contributed by atoms with Gasteiger partial charge in [-0.05, 0) is 31.0 Å². The molecule has 124 valence electrons. The number of carbonyl (C=O) groups is 3. The SMILES string of the molecule is COc1cccc(CCNC(=O)CC2C(=O)NC(=O)NC2C)c1. The van der Waals surface area contributed by atoms with Gasteiger partial charge in [-0.3, -0.25) is 14.9 Å². The molecule has 1 aromatic rings. The highest BCUT2D eigenvalue weighted by molar-refractivity contribution is 6.00. The number of hydrogen-bond donors (Lipinski definition) is 3. The molecule has 2 atom stereocenters. The minimum absolute atomic E-state index is 0.0470. The van der Waals surface area contributed by atoms with Gasteiger partial charge in [0.25, 0.3) is 0 Å². The molecule has 0 radical (unpaired) electrons. The maximum atomic E-state index is 12.0. The minimum atomic E-state index is -0.551. The van der Waals surface area contributed by atoms with Crippen LogP contribution < -0.4 is 20.7 Å². The van der Waals surface area contributed by atoms with Crippen LogP contribution in [-0.2, 0) is 16.0 Å². The van der Waals surface area contributed by atoms with Gasteiger partial charge in [0.15, 0.2) is 0 Å². The van der Waals surface area contributed by atoms with Crippen LogP contribution in [-0.4, -0.2) is 37.5 Å². The van der Waals surface area contributed by atoms with Crippen LogP contribution in [0.25, 0.3) is 0 Å². The zero-order chi connectivity index (χ0) is 16.8. The van der Waals surface area contributed by atoms with Crippen molar-refractivity contribution in [1.29, 1.82) is 0 Å². The molecule has 0 bridgehead atoms. The lowest BCUT2D eigenvalue weighted by Gasteiger charge is -2.28. The van der Waals surface area contributed by atoms with E-state index < -0.39 is 17.9 Å². The third-order valence-electron chi connectivity index (χ3n) is 3.81. The van der Waals surface area contributed by atoms with E-state index in [0.29, 0.717) is 13.0 Å². The molecule has 1 aromatic carbocycles. The third kappa shape index (κ3) is 4.70. The Bertz CT molecular complexity index is 603. The summed E-state index contributed by atoms with van der Waals surface area (Å²) in [7, 11) is 1.61. The highest BCUT2D eigenvalue weighted by Crippen LogP contribution is 2.14. The monoisotopic (exact) mass is 319 g/mol. The van der Waals surface area contributed by atoms with Crippen LogP contribution >= 0.6 is 0 Å². The van der Waals surface area contributed by atoms with Crippen molar-refractivity contribution in [2.75, 3.05) is 13.7 Å². The van der Waals surface area contributed by atoms with Crippen LogP contribution in [0.2, 0.25) is 0 Å². The lowest BCUT2D eigenvalue weighted by Crippen LogP contribution is -2.57. The van der Waals surface area contributed by atoms with Crippen LogP contribution in [0.15, 0.2) is 24.3 Å². The zero-order valence-electron chi connectivity index (χ0n) is 13.2. The van der Waals surface area contributed by atoms with Crippen molar-refractivity contribution in [3.05, 3.63) is 29.8 Å². The van der Waals surface area contributed by atoms with Crippen molar-refractivity contribution in [2.45, 2.75) is 25.8 Å². The second kappa shape index (κ2) is 7.62. The molecular weight excluding hydrogens is 298 g/mol. The molecular formula is C16H21N3O4. The summed E-state index contributed by atoms with van der Waals surface area (Å²) in [6, 6.07) is 6.75. The van der Waals surface area contributed by atoms with Crippen molar-refractivity contribution >= 4 is 17.8 Å². The normalized spacial score (nSPS) is 20.4. The Morgan fingerprint density at radius 1 is 1.35 bits per heavy atom. The van der Waals surface area contributed by atoms with Gasteiger partial charge in [-0.1, -0.05) is 12.1 Å². The summed E-state index contributed by atoms with van der Waals surface area (Å²) in [5.41, 5.74) is 1.06. The first-order valence-electron chi connectivity index (χ1n) is 7.50. The average Bonchev–Trinajstić information content (AvgIpc) is 2.51. The second-order valence-corrected chi connectivity index (χ2v) is 5.51. The number of benzene rings is 1. The number of nitrogens with one attached hydrogen (secondary N) is 3. The number of carbonyl (C=O) groups excluding carboxylic acids is 3. The summed E-state index contributed by atoms with van der Waals surface area (Å²) in [5.74, 6) is -0.401. The molecule has 0 saturated carbocycles. The Morgan fingerprint density at radius 2 is 2.13 bits per heavy atom. The van der Waals surface area contributed by atoms with Gasteiger partial charge < -0.3 is 15.4 Å². The molecule has 2 rings (SSSR count). The number of ether oxygens (including phenoxy) is 1. The Hall–Kier alpha value is -2.57. The summed E-state index contributed by atoms with van der Waals surface area (Å²) in [6.45, 7) is 2.19. The molecule has 0 spiro atoms. The van der Waals surface area contributed by atoms with E-state index in [1.165, 1.54) is 0 Å². The number of methoxy groups -OCH3 is 1. The summed E-state index contributed by atoms with van der Waals surface area (Å²) in [6.07, 6.45) is 0.720. The molecule has 0 aliphatic carbocycles. The Morgan fingerprint density at radius 3 is 2.83 bits per heavy atom. The van der Waals surface area contributed by atoms with E-state index >= 15 is 0 Å². The largest absolute Gasteiger partial charge is 0.497 e. The highest BCUT2D eigenvalue weighted by atomic mass is 16.5. The molecule has 7 heteroatoms. The number of imide groups is 1. The smallest absolute Gasteiger partial charge is 0.321 e. The first kappa shape index (κ1) is 16.8. The summed E-state index contributed by atoms with van der Waals surface area (Å²) >= 11 is 0. The van der Waals surface area contributed by atoms with E-state index in [4.69, 9.17) is 4.74 Å². The molecule has 1 heterocycles. The average molecular weight is 319 g/mol. The van der Waals surface area contributed by atoms with Crippen molar-refractivity contribution in [3.63, 3.8) is 0 Å². The lowest BCUT2D eigenvalue weighted by atomic mass is 9.94. The van der Waals surface area contributed by atoms with Crippen molar-refractivity contribution in [3.8, 4) is 5.75 Å². The van der Waals surface area contributed by atoms with E-state index in [0.717, 1.165) is 11.3 Å². The van der Waals surface area contributed by atoms with E-state index in [2.05, 4.69) is 16.0 Å². The number of hydrogen-bond acceptors (Lipinski definition) is 4. The van der Waals surface area contributed by atoms with Crippen LogP contribution in [0.1, 0.15) is 18.9 Å². The molecule has 1 aliphatic heterocycles. The molecule has 0 aromatic heterocycles. The minimum Gasteiger partial charge on any atom is -0.497 e. The fraction of sp³-hybridized carbons (Fsp3) is 0.438. The summed E-state index contributed by atoms with van der Waals surface area (Å²) in [4.78, 5) is 34.9. The van der Waals surface area contributed by atoms with E-state index in [9.17, 15) is 14.4 Å². The third-order valence-corrected chi connectivity index (χ3v) is 3.81. The number of urea groups is 1. The van der Waals surface area contributed by atoms with Gasteiger partial charge in [0.1, 0.15) is 5.75 Å². The van der Waals surface area contributed by atoms with Gasteiger partial charge in [-0.15, -0.1) is 0 Å². The van der Waals surface area contributed by atoms with Crippen LogP contribution in [0.5, 0.6) is 5.75 Å². The topological polar surface area (TPSA) is 96.5 Å². The van der Waals surface area contributed by atoms with Gasteiger partial charge in [0, 0.05) is 19.0 Å². The fourth-order valence-corrected chi connectivity index (χ4v) is 2.49. The highest BCUT2D eigenvalue weighted by Gasteiger charge is 2.33. The molecule has 2 unspecified atom stereocenters. The Labute approximate surface area is 134 Å². The summed E-state index contributed by atoms with van der Waals surface area (Å²) < 4.78 is 5.15. The number of rotatable bonds is 6. The molecule has 23 heavy (non-hydrogen) atoms. The molecule has 3 N–H and O–H groups in total. The van der Waals surface area contributed by atoms with E-state index in [1.807, 2.05) is 24.3 Å². The van der Waals surface area contributed by atoms with Crippen LogP contribution in [0.3, 0.4) is 0 Å². The molecule has 1 saturated heterocycles. The van der Waals surface area contributed by atoms with E-state index in [1.54, 1.807) is 14.0 Å². The van der Waals surface area contributed by atoms with Crippen molar-refractivity contribution in [1.82, 2.24) is 16.0 Å². The van der Waals surface area contributed by atoms with Gasteiger partial charge >= 0.3 is 6.03 Å². The fourth-order valence-electron chi connectivity index (χ4n) is 2.49. The maximum absolute atomic E-state index is 12.0. The second-order valence-electron chi connectivity index (χ2n) is 5.51. The van der Waals surface area contributed by atoms with E-state index in [-0.39, 0.29) is 18.4 Å². The number of amides is 4.